The fraction of sp³-hybridized carbons (Fsp3) is 0.619. The van der Waals surface area contributed by atoms with Crippen LogP contribution in [0.2, 0.25) is 0 Å². The molecule has 0 spiro atoms. The molecular formula is C21H26F2N2O2. The lowest BCUT2D eigenvalue weighted by Gasteiger charge is -2.55. The van der Waals surface area contributed by atoms with Crippen LogP contribution in [0.15, 0.2) is 18.2 Å². The molecule has 4 aliphatic carbocycles. The number of benzene rings is 1. The second-order valence-corrected chi connectivity index (χ2v) is 8.87. The van der Waals surface area contributed by atoms with Gasteiger partial charge in [0, 0.05) is 30.6 Å². The van der Waals surface area contributed by atoms with Gasteiger partial charge in [-0.25, -0.2) is 8.78 Å². The molecule has 1 N–H and O–H groups in total. The summed E-state index contributed by atoms with van der Waals surface area (Å²) in [4.78, 5) is 26.6. The highest BCUT2D eigenvalue weighted by atomic mass is 19.1. The van der Waals surface area contributed by atoms with Crippen LogP contribution < -0.4 is 5.32 Å². The molecule has 0 radical (unpaired) electrons. The van der Waals surface area contributed by atoms with Gasteiger partial charge in [0.05, 0.1) is 6.54 Å². The van der Waals surface area contributed by atoms with Crippen LogP contribution in [0.3, 0.4) is 0 Å². The van der Waals surface area contributed by atoms with E-state index in [4.69, 9.17) is 0 Å². The van der Waals surface area contributed by atoms with Gasteiger partial charge in [-0.2, -0.15) is 0 Å². The van der Waals surface area contributed by atoms with Gasteiger partial charge in [0.2, 0.25) is 11.8 Å². The Bertz CT molecular complexity index is 729. The molecule has 4 nitrogen and oxygen atoms in total. The molecule has 0 saturated heterocycles. The number of likely N-dealkylation sites (N-methyl/N-ethyl adjacent to an activating group) is 1. The van der Waals surface area contributed by atoms with Gasteiger partial charge in [0.25, 0.3) is 0 Å². The summed E-state index contributed by atoms with van der Waals surface area (Å²) in [6.45, 7) is -0.0436. The van der Waals surface area contributed by atoms with E-state index in [-0.39, 0.29) is 35.9 Å². The molecule has 1 aromatic carbocycles. The first-order valence-electron chi connectivity index (χ1n) is 9.81. The predicted octanol–water partition coefficient (Wildman–Crippen LogP) is 3.26. The minimum absolute atomic E-state index is 0.0105. The molecule has 4 aliphatic rings. The molecule has 27 heavy (non-hydrogen) atoms. The smallest absolute Gasteiger partial charge is 0.242 e. The lowest BCUT2D eigenvalue weighted by molar-refractivity contribution is -0.147. The Morgan fingerprint density at radius 2 is 1.70 bits per heavy atom. The third kappa shape index (κ3) is 3.58. The van der Waals surface area contributed by atoms with E-state index in [1.54, 1.807) is 7.05 Å². The van der Waals surface area contributed by atoms with Crippen molar-refractivity contribution in [2.24, 2.45) is 23.2 Å². The molecule has 2 amide bonds. The summed E-state index contributed by atoms with van der Waals surface area (Å²) in [5, 5.41) is 2.85. The van der Waals surface area contributed by atoms with Crippen LogP contribution in [0.25, 0.3) is 0 Å². The summed E-state index contributed by atoms with van der Waals surface area (Å²) >= 11 is 0. The molecule has 5 rings (SSSR count). The van der Waals surface area contributed by atoms with Gasteiger partial charge in [-0.05, 0) is 62.3 Å². The maximum absolute atomic E-state index is 13.8. The lowest BCUT2D eigenvalue weighted by atomic mass is 9.49. The van der Waals surface area contributed by atoms with Crippen LogP contribution in [0.4, 0.5) is 8.78 Å². The Kier molecular flexibility index (Phi) is 4.68. The maximum atomic E-state index is 13.8. The first kappa shape index (κ1) is 18.4. The zero-order chi connectivity index (χ0) is 19.2. The van der Waals surface area contributed by atoms with Crippen LogP contribution >= 0.6 is 0 Å². The van der Waals surface area contributed by atoms with Gasteiger partial charge < -0.3 is 10.2 Å². The highest BCUT2D eigenvalue weighted by molar-refractivity contribution is 5.88. The number of nitrogens with zero attached hydrogens (tertiary/aromatic N) is 1. The van der Waals surface area contributed by atoms with Gasteiger partial charge in [0.15, 0.2) is 0 Å². The van der Waals surface area contributed by atoms with E-state index >= 15 is 0 Å². The van der Waals surface area contributed by atoms with Gasteiger partial charge >= 0.3 is 0 Å². The molecule has 4 saturated carbocycles. The average molecular weight is 376 g/mol. The van der Waals surface area contributed by atoms with Crippen molar-refractivity contribution in [2.45, 2.75) is 45.1 Å². The van der Waals surface area contributed by atoms with Crippen LogP contribution in [0.5, 0.6) is 0 Å². The van der Waals surface area contributed by atoms with Crippen molar-refractivity contribution in [1.29, 1.82) is 0 Å². The summed E-state index contributed by atoms with van der Waals surface area (Å²) in [6.07, 6.45) is 6.65. The minimum atomic E-state index is -0.674. The first-order valence-corrected chi connectivity index (χ1v) is 9.81. The van der Waals surface area contributed by atoms with Crippen molar-refractivity contribution in [3.63, 3.8) is 0 Å². The van der Waals surface area contributed by atoms with Gasteiger partial charge in [-0.1, -0.05) is 6.07 Å². The second kappa shape index (κ2) is 6.88. The third-order valence-corrected chi connectivity index (χ3v) is 6.77. The Morgan fingerprint density at radius 1 is 1.11 bits per heavy atom. The molecular weight excluding hydrogens is 350 g/mol. The van der Waals surface area contributed by atoms with Gasteiger partial charge in [-0.3, -0.25) is 9.59 Å². The summed E-state index contributed by atoms with van der Waals surface area (Å²) in [6, 6.07) is 3.32. The number of carbonyl (C=O) groups is 2. The Balaban J connectivity index is 1.33. The zero-order valence-electron chi connectivity index (χ0n) is 15.6. The lowest BCUT2D eigenvalue weighted by Crippen LogP contribution is -2.54. The molecule has 1 aromatic rings. The van der Waals surface area contributed by atoms with Crippen molar-refractivity contribution < 1.29 is 18.4 Å². The second-order valence-electron chi connectivity index (χ2n) is 8.87. The van der Waals surface area contributed by atoms with Crippen molar-refractivity contribution in [2.75, 3.05) is 13.6 Å². The van der Waals surface area contributed by atoms with Crippen molar-refractivity contribution in [1.82, 2.24) is 10.2 Å². The number of hydrogen-bond donors (Lipinski definition) is 1. The number of hydrogen-bond acceptors (Lipinski definition) is 2. The fourth-order valence-corrected chi connectivity index (χ4v) is 5.86. The van der Waals surface area contributed by atoms with E-state index in [0.717, 1.165) is 25.3 Å². The highest BCUT2D eigenvalue weighted by Gasteiger charge is 2.54. The van der Waals surface area contributed by atoms with E-state index < -0.39 is 11.6 Å². The maximum Gasteiger partial charge on any atom is 0.242 e. The number of carbonyl (C=O) groups excluding carboxylic acids is 2. The van der Waals surface area contributed by atoms with E-state index in [2.05, 4.69) is 5.32 Å². The van der Waals surface area contributed by atoms with E-state index in [1.807, 2.05) is 0 Å². The molecule has 0 aliphatic heterocycles. The molecule has 4 bridgehead atoms. The van der Waals surface area contributed by atoms with Crippen LogP contribution in [0, 0.1) is 34.8 Å². The van der Waals surface area contributed by atoms with Crippen LogP contribution in [0.1, 0.15) is 44.1 Å². The number of rotatable bonds is 5. The van der Waals surface area contributed by atoms with E-state index in [9.17, 15) is 18.4 Å². The molecule has 4 fully saturated rings. The Morgan fingerprint density at radius 3 is 2.26 bits per heavy atom. The zero-order valence-corrected chi connectivity index (χ0v) is 15.6. The quantitative estimate of drug-likeness (QED) is 0.858. The Labute approximate surface area is 158 Å². The standard InChI is InChI=1S/C21H26F2N2O2/c1-25(12-16-2-3-17(22)7-18(16)23)19(26)11-24-20(27)21-8-13-4-14(9-21)6-15(5-13)10-21/h2-3,7,13-15H,4-6,8-12H2,1H3,(H,24,27). The summed E-state index contributed by atoms with van der Waals surface area (Å²) in [7, 11) is 1.56. The molecule has 0 heterocycles. The SMILES string of the molecule is CN(Cc1ccc(F)cc1F)C(=O)CNC(=O)C12CC3CC(CC(C3)C1)C2. The first-order chi connectivity index (χ1) is 12.8. The van der Waals surface area contributed by atoms with Crippen molar-refractivity contribution in [3.05, 3.63) is 35.4 Å². The van der Waals surface area contributed by atoms with Gasteiger partial charge in [-0.15, -0.1) is 0 Å². The van der Waals surface area contributed by atoms with E-state index in [1.165, 1.54) is 36.3 Å². The van der Waals surface area contributed by atoms with Gasteiger partial charge in [0.1, 0.15) is 11.6 Å². The summed E-state index contributed by atoms with van der Waals surface area (Å²) < 4.78 is 26.8. The summed E-state index contributed by atoms with van der Waals surface area (Å²) in [5.41, 5.74) is -0.0314. The number of halogens is 2. The normalized spacial score (nSPS) is 31.0. The number of nitrogens with one attached hydrogen (secondary N) is 1. The topological polar surface area (TPSA) is 49.4 Å². The largest absolute Gasteiger partial charge is 0.347 e. The highest BCUT2D eigenvalue weighted by Crippen LogP contribution is 2.60. The summed E-state index contributed by atoms with van der Waals surface area (Å²) in [5.74, 6) is 0.416. The van der Waals surface area contributed by atoms with Crippen molar-refractivity contribution in [3.8, 4) is 0 Å². The Hall–Kier alpha value is -1.98. The van der Waals surface area contributed by atoms with E-state index in [0.29, 0.717) is 17.8 Å². The predicted molar refractivity (Wildman–Crippen MR) is 96.4 cm³/mol. The molecule has 0 atom stereocenters. The molecule has 6 heteroatoms. The van der Waals surface area contributed by atoms with Crippen LogP contribution in [-0.4, -0.2) is 30.3 Å². The number of amides is 2. The third-order valence-electron chi connectivity index (χ3n) is 6.77. The monoisotopic (exact) mass is 376 g/mol. The minimum Gasteiger partial charge on any atom is -0.347 e. The van der Waals surface area contributed by atoms with Crippen LogP contribution in [-0.2, 0) is 16.1 Å². The average Bonchev–Trinajstić information content (AvgIpc) is 2.60. The molecule has 146 valence electrons. The molecule has 0 aromatic heterocycles. The molecule has 0 unspecified atom stereocenters. The fourth-order valence-electron chi connectivity index (χ4n) is 5.86. The van der Waals surface area contributed by atoms with Crippen molar-refractivity contribution >= 4 is 11.8 Å².